The summed E-state index contributed by atoms with van der Waals surface area (Å²) in [6, 6.07) is 7.08. The molecule has 0 heterocycles. The van der Waals surface area contributed by atoms with Crippen molar-refractivity contribution in [1.82, 2.24) is 0 Å². The molecule has 0 fully saturated rings. The van der Waals surface area contributed by atoms with Gasteiger partial charge in [-0.2, -0.15) is 0 Å². The first-order chi connectivity index (χ1) is 9.08. The number of aryl methyl sites for hydroxylation is 1. The van der Waals surface area contributed by atoms with E-state index in [4.69, 9.17) is 5.11 Å². The number of methoxy groups -OCH3 is 1. The molecule has 1 aromatic rings. The second-order valence-electron chi connectivity index (χ2n) is 4.36. The fourth-order valence-electron chi connectivity index (χ4n) is 1.75. The molecule has 0 aliphatic carbocycles. The van der Waals surface area contributed by atoms with E-state index in [-0.39, 0.29) is 13.0 Å². The van der Waals surface area contributed by atoms with Gasteiger partial charge in [0.2, 0.25) is 0 Å². The van der Waals surface area contributed by atoms with Gasteiger partial charge in [-0.15, -0.1) is 0 Å². The van der Waals surface area contributed by atoms with Crippen LogP contribution in [0, 0.1) is 0 Å². The second-order valence-corrected chi connectivity index (χ2v) is 4.36. The largest absolute Gasteiger partial charge is 0.469 e. The van der Waals surface area contributed by atoms with Crippen LogP contribution in [0.25, 0.3) is 0 Å². The van der Waals surface area contributed by atoms with E-state index < -0.39 is 18.2 Å². The lowest BCUT2D eigenvalue weighted by Crippen LogP contribution is -2.22. The van der Waals surface area contributed by atoms with E-state index >= 15 is 0 Å². The molecule has 2 atom stereocenters. The van der Waals surface area contributed by atoms with Gasteiger partial charge in [0.05, 0.1) is 19.6 Å². The molecule has 0 aliphatic rings. The highest BCUT2D eigenvalue weighted by molar-refractivity contribution is 5.69. The van der Waals surface area contributed by atoms with E-state index in [1.165, 1.54) is 7.11 Å². The molecule has 5 heteroatoms. The number of ether oxygens (including phenoxy) is 1. The van der Waals surface area contributed by atoms with Crippen LogP contribution in [0.1, 0.15) is 30.1 Å². The Hall–Kier alpha value is -1.43. The van der Waals surface area contributed by atoms with Crippen LogP contribution in [0.3, 0.4) is 0 Å². The molecule has 5 nitrogen and oxygen atoms in total. The lowest BCUT2D eigenvalue weighted by Gasteiger charge is -2.17. The molecule has 0 saturated heterocycles. The van der Waals surface area contributed by atoms with Crippen molar-refractivity contribution in [2.24, 2.45) is 0 Å². The number of aliphatic hydroxyl groups excluding tert-OH is 3. The lowest BCUT2D eigenvalue weighted by molar-refractivity contribution is -0.144. The first-order valence-electron chi connectivity index (χ1n) is 6.21. The topological polar surface area (TPSA) is 87.0 Å². The number of carbonyl (C=O) groups excluding carboxylic acids is 1. The summed E-state index contributed by atoms with van der Waals surface area (Å²) >= 11 is 0. The van der Waals surface area contributed by atoms with Crippen molar-refractivity contribution >= 4 is 5.97 Å². The van der Waals surface area contributed by atoms with Crippen LogP contribution in [0.15, 0.2) is 24.3 Å². The van der Waals surface area contributed by atoms with Crippen LogP contribution in [0.2, 0.25) is 0 Å². The van der Waals surface area contributed by atoms with Crippen molar-refractivity contribution in [3.63, 3.8) is 0 Å². The minimum atomic E-state index is -1.18. The lowest BCUT2D eigenvalue weighted by atomic mass is 10.00. The van der Waals surface area contributed by atoms with Crippen molar-refractivity contribution in [3.8, 4) is 0 Å². The highest BCUT2D eigenvalue weighted by Crippen LogP contribution is 2.20. The van der Waals surface area contributed by atoms with Crippen molar-refractivity contribution in [3.05, 3.63) is 35.4 Å². The minimum Gasteiger partial charge on any atom is -0.469 e. The molecule has 106 valence electrons. The molecule has 19 heavy (non-hydrogen) atoms. The molecular weight excluding hydrogens is 248 g/mol. The predicted molar refractivity (Wildman–Crippen MR) is 69.4 cm³/mol. The third kappa shape index (κ3) is 4.98. The summed E-state index contributed by atoms with van der Waals surface area (Å²) in [7, 11) is 1.23. The first-order valence-corrected chi connectivity index (χ1v) is 6.21. The van der Waals surface area contributed by atoms with Gasteiger partial charge >= 0.3 is 5.97 Å². The number of benzene rings is 1. The van der Waals surface area contributed by atoms with Gasteiger partial charge < -0.3 is 20.1 Å². The molecule has 0 bridgehead atoms. The van der Waals surface area contributed by atoms with E-state index in [9.17, 15) is 15.0 Å². The number of hydrogen-bond donors (Lipinski definition) is 3. The molecule has 0 amide bonds. The Kier molecular flexibility index (Phi) is 6.49. The van der Waals surface area contributed by atoms with Crippen LogP contribution in [-0.2, 0) is 16.0 Å². The molecule has 3 N–H and O–H groups in total. The average Bonchev–Trinajstić information content (AvgIpc) is 2.44. The molecule has 0 aromatic heterocycles. The Bertz CT molecular complexity index is 387. The van der Waals surface area contributed by atoms with Gasteiger partial charge in [0.25, 0.3) is 0 Å². The van der Waals surface area contributed by atoms with Crippen LogP contribution in [0.4, 0.5) is 0 Å². The summed E-state index contributed by atoms with van der Waals surface area (Å²) in [5.74, 6) is -0.564. The standard InChI is InChI=1S/C14H20O5/c1-19-13(17)9-12(16)14(18)11-6-4-10(5-7-11)3-2-8-15/h4-7,12,14-16,18H,2-3,8-9H2,1H3. The quantitative estimate of drug-likeness (QED) is 0.629. The van der Waals surface area contributed by atoms with Gasteiger partial charge in [-0.1, -0.05) is 24.3 Å². The fourth-order valence-corrected chi connectivity index (χ4v) is 1.75. The number of hydrogen-bond acceptors (Lipinski definition) is 5. The zero-order chi connectivity index (χ0) is 14.3. The van der Waals surface area contributed by atoms with Crippen molar-refractivity contribution in [2.45, 2.75) is 31.5 Å². The average molecular weight is 268 g/mol. The fraction of sp³-hybridized carbons (Fsp3) is 0.500. The second kappa shape index (κ2) is 7.89. The third-order valence-corrected chi connectivity index (χ3v) is 2.91. The van der Waals surface area contributed by atoms with Crippen LogP contribution < -0.4 is 0 Å². The first kappa shape index (κ1) is 15.6. The van der Waals surface area contributed by atoms with Crippen molar-refractivity contribution in [2.75, 3.05) is 13.7 Å². The molecule has 0 radical (unpaired) electrons. The monoisotopic (exact) mass is 268 g/mol. The normalized spacial score (nSPS) is 13.9. The summed E-state index contributed by atoms with van der Waals surface area (Å²) in [5, 5.41) is 28.3. The molecule has 1 aromatic carbocycles. The summed E-state index contributed by atoms with van der Waals surface area (Å²) in [6.45, 7) is 0.141. The maximum Gasteiger partial charge on any atom is 0.308 e. The number of rotatable bonds is 7. The highest BCUT2D eigenvalue weighted by Gasteiger charge is 2.21. The van der Waals surface area contributed by atoms with Gasteiger partial charge in [-0.05, 0) is 24.0 Å². The van der Waals surface area contributed by atoms with Gasteiger partial charge in [-0.25, -0.2) is 0 Å². The number of aliphatic hydroxyl groups is 3. The molecule has 2 unspecified atom stereocenters. The maximum absolute atomic E-state index is 11.0. The Balaban J connectivity index is 2.61. The summed E-state index contributed by atoms with van der Waals surface area (Å²) in [4.78, 5) is 11.0. The minimum absolute atomic E-state index is 0.141. The Morgan fingerprint density at radius 2 is 1.89 bits per heavy atom. The molecular formula is C14H20O5. The van der Waals surface area contributed by atoms with Crippen LogP contribution in [0.5, 0.6) is 0 Å². The van der Waals surface area contributed by atoms with E-state index in [2.05, 4.69) is 4.74 Å². The zero-order valence-electron chi connectivity index (χ0n) is 11.0. The van der Waals surface area contributed by atoms with E-state index in [1.54, 1.807) is 12.1 Å². The number of esters is 1. The smallest absolute Gasteiger partial charge is 0.308 e. The predicted octanol–water partition coefficient (Wildman–Crippen LogP) is 0.569. The van der Waals surface area contributed by atoms with Gasteiger partial charge in [-0.3, -0.25) is 4.79 Å². The maximum atomic E-state index is 11.0. The summed E-state index contributed by atoms with van der Waals surface area (Å²) < 4.78 is 4.44. The Morgan fingerprint density at radius 1 is 1.26 bits per heavy atom. The molecule has 0 spiro atoms. The van der Waals surface area contributed by atoms with Crippen molar-refractivity contribution < 1.29 is 24.9 Å². The van der Waals surface area contributed by atoms with E-state index in [1.807, 2.05) is 12.1 Å². The van der Waals surface area contributed by atoms with Gasteiger partial charge in [0.1, 0.15) is 6.10 Å². The SMILES string of the molecule is COC(=O)CC(O)C(O)c1ccc(CCCO)cc1. The van der Waals surface area contributed by atoms with Crippen LogP contribution in [-0.4, -0.2) is 41.1 Å². The molecule has 0 saturated carbocycles. The van der Waals surface area contributed by atoms with E-state index in [0.29, 0.717) is 12.0 Å². The molecule has 1 rings (SSSR count). The zero-order valence-corrected chi connectivity index (χ0v) is 11.0. The Labute approximate surface area is 112 Å². The number of carbonyl (C=O) groups is 1. The summed E-state index contributed by atoms with van der Waals surface area (Å²) in [6.07, 6.45) is -1.10. The molecule has 0 aliphatic heterocycles. The summed E-state index contributed by atoms with van der Waals surface area (Å²) in [5.41, 5.74) is 1.59. The van der Waals surface area contributed by atoms with Crippen molar-refractivity contribution in [1.29, 1.82) is 0 Å². The van der Waals surface area contributed by atoms with Crippen LogP contribution >= 0.6 is 0 Å². The highest BCUT2D eigenvalue weighted by atomic mass is 16.5. The van der Waals surface area contributed by atoms with E-state index in [0.717, 1.165) is 12.0 Å². The van der Waals surface area contributed by atoms with Gasteiger partial charge in [0.15, 0.2) is 0 Å². The Morgan fingerprint density at radius 3 is 2.42 bits per heavy atom. The third-order valence-electron chi connectivity index (χ3n) is 2.91. The van der Waals surface area contributed by atoms with Gasteiger partial charge in [0, 0.05) is 6.61 Å².